The van der Waals surface area contributed by atoms with Gasteiger partial charge in [-0.3, -0.25) is 14.9 Å². The molecule has 1 aromatic heterocycles. The fourth-order valence-corrected chi connectivity index (χ4v) is 2.68. The lowest BCUT2D eigenvalue weighted by atomic mass is 9.98. The second-order valence-electron chi connectivity index (χ2n) is 5.98. The van der Waals surface area contributed by atoms with Crippen molar-refractivity contribution in [2.45, 2.75) is 25.8 Å². The Kier molecular flexibility index (Phi) is 4.51. The van der Waals surface area contributed by atoms with Crippen LogP contribution >= 0.6 is 0 Å². The van der Waals surface area contributed by atoms with E-state index < -0.39 is 6.03 Å². The number of nitrogens with zero attached hydrogens (tertiary/aromatic N) is 2. The third-order valence-electron chi connectivity index (χ3n) is 4.12. The standard InChI is InChI=1S/C17H19N5O3/c1-10(11-3-5-13-12(9-11)4-6-14(23)20-13)19-17(25)21-15-16(24)22(2)8-7-18-15/h3,5,7-10H,4,6H2,1-2H3,(H,20,23)(H2,18,19,21,25)/t10-/m0/s1. The number of hydrogen-bond acceptors (Lipinski definition) is 4. The molecule has 3 amide bonds. The molecule has 8 nitrogen and oxygen atoms in total. The molecule has 130 valence electrons. The first-order valence-electron chi connectivity index (χ1n) is 7.96. The molecule has 0 aliphatic carbocycles. The average molecular weight is 341 g/mol. The first kappa shape index (κ1) is 16.7. The van der Waals surface area contributed by atoms with Crippen LogP contribution in [0.25, 0.3) is 0 Å². The zero-order valence-corrected chi connectivity index (χ0v) is 14.0. The fraction of sp³-hybridized carbons (Fsp3) is 0.294. The van der Waals surface area contributed by atoms with Gasteiger partial charge in [-0.2, -0.15) is 0 Å². The van der Waals surface area contributed by atoms with E-state index in [0.717, 1.165) is 16.8 Å². The summed E-state index contributed by atoms with van der Waals surface area (Å²) in [5.41, 5.74) is 2.40. The predicted molar refractivity (Wildman–Crippen MR) is 93.4 cm³/mol. The first-order chi connectivity index (χ1) is 11.9. The molecule has 0 radical (unpaired) electrons. The van der Waals surface area contributed by atoms with Crippen molar-refractivity contribution >= 4 is 23.4 Å². The maximum atomic E-state index is 12.1. The van der Waals surface area contributed by atoms with E-state index in [1.807, 2.05) is 25.1 Å². The summed E-state index contributed by atoms with van der Waals surface area (Å²) in [6.07, 6.45) is 4.10. The number of fused-ring (bicyclic) bond motifs is 1. The number of hydrogen-bond donors (Lipinski definition) is 3. The van der Waals surface area contributed by atoms with Gasteiger partial charge in [0, 0.05) is 31.5 Å². The summed E-state index contributed by atoms with van der Waals surface area (Å²) in [5.74, 6) is -0.00871. The number of benzene rings is 1. The van der Waals surface area contributed by atoms with E-state index in [-0.39, 0.29) is 23.3 Å². The largest absolute Gasteiger partial charge is 0.331 e. The van der Waals surface area contributed by atoms with Crippen molar-refractivity contribution in [3.63, 3.8) is 0 Å². The molecule has 1 aliphatic heterocycles. The quantitative estimate of drug-likeness (QED) is 0.787. The van der Waals surface area contributed by atoms with Gasteiger partial charge >= 0.3 is 6.03 Å². The molecule has 2 heterocycles. The van der Waals surface area contributed by atoms with Crippen LogP contribution in [0.5, 0.6) is 0 Å². The van der Waals surface area contributed by atoms with Crippen molar-refractivity contribution in [2.75, 3.05) is 10.6 Å². The second-order valence-corrected chi connectivity index (χ2v) is 5.98. The SMILES string of the molecule is C[C@H](NC(=O)Nc1nccn(C)c1=O)c1ccc2c(c1)CCC(=O)N2. The summed E-state index contributed by atoms with van der Waals surface area (Å²) in [7, 11) is 1.58. The summed E-state index contributed by atoms with van der Waals surface area (Å²) in [5, 5.41) is 8.08. The number of amides is 3. The molecule has 3 rings (SSSR count). The van der Waals surface area contributed by atoms with E-state index >= 15 is 0 Å². The molecule has 1 aliphatic rings. The highest BCUT2D eigenvalue weighted by Crippen LogP contribution is 2.26. The van der Waals surface area contributed by atoms with Gasteiger partial charge in [0.2, 0.25) is 11.7 Å². The summed E-state index contributed by atoms with van der Waals surface area (Å²) < 4.78 is 1.34. The second kappa shape index (κ2) is 6.76. The van der Waals surface area contributed by atoms with Crippen LogP contribution < -0.4 is 21.5 Å². The maximum absolute atomic E-state index is 12.1. The number of anilines is 2. The molecule has 25 heavy (non-hydrogen) atoms. The average Bonchev–Trinajstić information content (AvgIpc) is 2.58. The molecular weight excluding hydrogens is 322 g/mol. The third kappa shape index (κ3) is 3.68. The number of rotatable bonds is 3. The Morgan fingerprint density at radius 3 is 2.92 bits per heavy atom. The van der Waals surface area contributed by atoms with E-state index in [9.17, 15) is 14.4 Å². The first-order valence-corrected chi connectivity index (χ1v) is 7.96. The van der Waals surface area contributed by atoms with Gasteiger partial charge in [0.25, 0.3) is 5.56 Å². The van der Waals surface area contributed by atoms with Crippen LogP contribution in [0.1, 0.15) is 30.5 Å². The molecule has 0 unspecified atom stereocenters. The van der Waals surface area contributed by atoms with Crippen LogP contribution in [-0.4, -0.2) is 21.5 Å². The smallest absolute Gasteiger partial charge is 0.321 e. The number of carbonyl (C=O) groups is 2. The molecule has 0 fully saturated rings. The van der Waals surface area contributed by atoms with Gasteiger partial charge in [0.1, 0.15) is 0 Å². The minimum atomic E-state index is -0.505. The van der Waals surface area contributed by atoms with Gasteiger partial charge in [0.05, 0.1) is 6.04 Å². The Morgan fingerprint density at radius 1 is 1.32 bits per heavy atom. The zero-order valence-electron chi connectivity index (χ0n) is 14.0. The number of aryl methyl sites for hydroxylation is 2. The van der Waals surface area contributed by atoms with Gasteiger partial charge in [-0.25, -0.2) is 9.78 Å². The van der Waals surface area contributed by atoms with E-state index in [4.69, 9.17) is 0 Å². The van der Waals surface area contributed by atoms with Gasteiger partial charge < -0.3 is 15.2 Å². The lowest BCUT2D eigenvalue weighted by Gasteiger charge is -2.20. The third-order valence-corrected chi connectivity index (χ3v) is 4.12. The van der Waals surface area contributed by atoms with Crippen LogP contribution in [-0.2, 0) is 18.3 Å². The van der Waals surface area contributed by atoms with E-state index in [1.54, 1.807) is 7.05 Å². The highest BCUT2D eigenvalue weighted by Gasteiger charge is 2.17. The summed E-state index contributed by atoms with van der Waals surface area (Å²) in [6.45, 7) is 1.85. The summed E-state index contributed by atoms with van der Waals surface area (Å²) in [6, 6.07) is 4.89. The highest BCUT2D eigenvalue weighted by atomic mass is 16.2. The predicted octanol–water partition coefficient (Wildman–Crippen LogP) is 1.55. The lowest BCUT2D eigenvalue weighted by Crippen LogP contribution is -2.34. The highest BCUT2D eigenvalue weighted by molar-refractivity contribution is 5.94. The van der Waals surface area contributed by atoms with Gasteiger partial charge in [-0.05, 0) is 30.5 Å². The van der Waals surface area contributed by atoms with E-state index in [2.05, 4.69) is 20.9 Å². The van der Waals surface area contributed by atoms with Crippen molar-refractivity contribution < 1.29 is 9.59 Å². The van der Waals surface area contributed by atoms with E-state index in [0.29, 0.717) is 12.8 Å². The number of carbonyl (C=O) groups excluding carboxylic acids is 2. The molecule has 2 aromatic rings. The van der Waals surface area contributed by atoms with Gasteiger partial charge in [-0.15, -0.1) is 0 Å². The molecule has 0 spiro atoms. The number of urea groups is 1. The zero-order chi connectivity index (χ0) is 18.0. The summed E-state index contributed by atoms with van der Waals surface area (Å²) >= 11 is 0. The molecule has 0 bridgehead atoms. The van der Waals surface area contributed by atoms with Crippen LogP contribution in [0.2, 0.25) is 0 Å². The van der Waals surface area contributed by atoms with Crippen LogP contribution in [0.15, 0.2) is 35.4 Å². The maximum Gasteiger partial charge on any atom is 0.321 e. The van der Waals surface area contributed by atoms with Crippen molar-refractivity contribution in [3.05, 3.63) is 52.1 Å². The van der Waals surface area contributed by atoms with E-state index in [1.165, 1.54) is 17.0 Å². The fourth-order valence-electron chi connectivity index (χ4n) is 2.68. The van der Waals surface area contributed by atoms with Crippen molar-refractivity contribution in [1.82, 2.24) is 14.9 Å². The molecular formula is C17H19N5O3. The molecule has 0 saturated carbocycles. The van der Waals surface area contributed by atoms with Crippen LogP contribution in [0.3, 0.4) is 0 Å². The van der Waals surface area contributed by atoms with Crippen LogP contribution in [0.4, 0.5) is 16.3 Å². The van der Waals surface area contributed by atoms with Crippen molar-refractivity contribution in [2.24, 2.45) is 7.05 Å². The summed E-state index contributed by atoms with van der Waals surface area (Å²) in [4.78, 5) is 39.3. The lowest BCUT2D eigenvalue weighted by molar-refractivity contribution is -0.116. The molecule has 1 aromatic carbocycles. The molecule has 1 atom stereocenters. The molecule has 0 saturated heterocycles. The van der Waals surface area contributed by atoms with Crippen molar-refractivity contribution in [1.29, 1.82) is 0 Å². The van der Waals surface area contributed by atoms with Crippen LogP contribution in [0, 0.1) is 0 Å². The Labute approximate surface area is 144 Å². The Hall–Kier alpha value is -3.16. The Bertz CT molecular complexity index is 890. The monoisotopic (exact) mass is 341 g/mol. The topological polar surface area (TPSA) is 105 Å². The number of aromatic nitrogens is 2. The van der Waals surface area contributed by atoms with Crippen molar-refractivity contribution in [3.8, 4) is 0 Å². The minimum absolute atomic E-state index is 0.0164. The normalized spacial score (nSPS) is 14.2. The van der Waals surface area contributed by atoms with Gasteiger partial charge in [-0.1, -0.05) is 12.1 Å². The Balaban J connectivity index is 1.68. The Morgan fingerprint density at radius 2 is 2.12 bits per heavy atom. The van der Waals surface area contributed by atoms with Gasteiger partial charge in [0.15, 0.2) is 0 Å². The molecule has 3 N–H and O–H groups in total. The number of nitrogens with one attached hydrogen (secondary N) is 3. The molecule has 8 heteroatoms. The minimum Gasteiger partial charge on any atom is -0.331 e.